The maximum absolute atomic E-state index is 12.6. The van der Waals surface area contributed by atoms with E-state index in [9.17, 15) is 9.59 Å². The van der Waals surface area contributed by atoms with Crippen molar-refractivity contribution in [1.29, 1.82) is 0 Å². The van der Waals surface area contributed by atoms with E-state index in [1.807, 2.05) is 38.0 Å². The van der Waals surface area contributed by atoms with Crippen molar-refractivity contribution in [3.63, 3.8) is 0 Å². The molecule has 2 heterocycles. The average molecular weight is 366 g/mol. The van der Waals surface area contributed by atoms with Crippen LogP contribution in [0.4, 0.5) is 0 Å². The van der Waals surface area contributed by atoms with Crippen LogP contribution in [0.2, 0.25) is 0 Å². The molecule has 7 heteroatoms. The second kappa shape index (κ2) is 7.98. The molecule has 0 N–H and O–H groups in total. The topological polar surface area (TPSA) is 55.2 Å². The zero-order valence-electron chi connectivity index (χ0n) is 14.5. The highest BCUT2D eigenvalue weighted by Gasteiger charge is 2.21. The molecule has 0 aliphatic carbocycles. The van der Waals surface area contributed by atoms with E-state index in [-0.39, 0.29) is 29.3 Å². The summed E-state index contributed by atoms with van der Waals surface area (Å²) in [7, 11) is 0. The van der Waals surface area contributed by atoms with Crippen LogP contribution in [0.3, 0.4) is 0 Å². The summed E-state index contributed by atoms with van der Waals surface area (Å²) in [6.45, 7) is 12.1. The Morgan fingerprint density at radius 2 is 2.08 bits per heavy atom. The first-order valence-electron chi connectivity index (χ1n) is 7.89. The van der Waals surface area contributed by atoms with Crippen molar-refractivity contribution in [3.8, 4) is 0 Å². The summed E-state index contributed by atoms with van der Waals surface area (Å²) < 4.78 is 1.58. The summed E-state index contributed by atoms with van der Waals surface area (Å²) in [5, 5.41) is 3.04. The molecule has 0 saturated carbocycles. The fourth-order valence-corrected chi connectivity index (χ4v) is 4.39. The van der Waals surface area contributed by atoms with Crippen LogP contribution in [-0.4, -0.2) is 38.2 Å². The molecule has 0 saturated heterocycles. The number of carbonyl (C=O) groups is 1. The number of carbonyl (C=O) groups excluding carboxylic acids is 1. The molecule has 0 aliphatic rings. The van der Waals surface area contributed by atoms with Crippen LogP contribution >= 0.6 is 23.1 Å². The quantitative estimate of drug-likeness (QED) is 0.429. The van der Waals surface area contributed by atoms with Crippen LogP contribution in [0.1, 0.15) is 27.7 Å². The number of aromatic nitrogens is 2. The number of hydrogen-bond donors (Lipinski definition) is 0. The maximum atomic E-state index is 12.6. The van der Waals surface area contributed by atoms with Crippen molar-refractivity contribution >= 4 is 39.2 Å². The molecule has 130 valence electrons. The fraction of sp³-hybridized carbons (Fsp3) is 0.471. The van der Waals surface area contributed by atoms with Crippen LogP contribution in [0.25, 0.3) is 10.2 Å². The first-order valence-corrected chi connectivity index (χ1v) is 9.76. The summed E-state index contributed by atoms with van der Waals surface area (Å²) in [5.41, 5.74) is -0.0827. The molecule has 1 amide bonds. The van der Waals surface area contributed by atoms with Crippen molar-refractivity contribution < 1.29 is 4.79 Å². The highest BCUT2D eigenvalue weighted by molar-refractivity contribution is 7.99. The van der Waals surface area contributed by atoms with Gasteiger partial charge in [-0.25, -0.2) is 4.98 Å². The molecule has 24 heavy (non-hydrogen) atoms. The van der Waals surface area contributed by atoms with Crippen LogP contribution in [0.15, 0.2) is 34.1 Å². The van der Waals surface area contributed by atoms with Crippen LogP contribution in [0, 0.1) is 0 Å². The predicted octanol–water partition coefficient (Wildman–Crippen LogP) is 3.38. The van der Waals surface area contributed by atoms with Gasteiger partial charge in [-0.1, -0.05) is 17.8 Å². The number of amides is 1. The summed E-state index contributed by atoms with van der Waals surface area (Å²) in [6, 6.07) is 2.07. The Morgan fingerprint density at radius 3 is 2.67 bits per heavy atom. The van der Waals surface area contributed by atoms with Gasteiger partial charge < -0.3 is 4.90 Å². The van der Waals surface area contributed by atoms with Crippen LogP contribution < -0.4 is 5.56 Å². The van der Waals surface area contributed by atoms with Crippen molar-refractivity contribution in [1.82, 2.24) is 14.5 Å². The second-order valence-corrected chi connectivity index (χ2v) is 7.85. The molecule has 0 atom stereocenters. The third-order valence-electron chi connectivity index (χ3n) is 3.59. The maximum Gasteiger partial charge on any atom is 0.263 e. The largest absolute Gasteiger partial charge is 0.337 e. The first kappa shape index (κ1) is 18.7. The Kier molecular flexibility index (Phi) is 6.23. The molecule has 0 bridgehead atoms. The minimum Gasteiger partial charge on any atom is -0.337 e. The third-order valence-corrected chi connectivity index (χ3v) is 5.35. The summed E-state index contributed by atoms with van der Waals surface area (Å²) in [6.07, 6.45) is 1.67. The molecule has 0 unspecified atom stereocenters. The second-order valence-electron chi connectivity index (χ2n) is 6.02. The van der Waals surface area contributed by atoms with Gasteiger partial charge in [-0.2, -0.15) is 0 Å². The highest BCUT2D eigenvalue weighted by atomic mass is 32.2. The first-order chi connectivity index (χ1) is 11.4. The minimum atomic E-state index is -0.0827. The lowest BCUT2D eigenvalue weighted by molar-refractivity contribution is -0.131. The van der Waals surface area contributed by atoms with Gasteiger partial charge in [0.05, 0.1) is 11.1 Å². The summed E-state index contributed by atoms with van der Waals surface area (Å²) in [4.78, 5) is 32.2. The lowest BCUT2D eigenvalue weighted by atomic mass is 10.2. The van der Waals surface area contributed by atoms with E-state index in [4.69, 9.17) is 0 Å². The Balaban J connectivity index is 2.29. The molecule has 2 aromatic rings. The fourth-order valence-electron chi connectivity index (χ4n) is 2.70. The van der Waals surface area contributed by atoms with Gasteiger partial charge in [0.15, 0.2) is 5.16 Å². The van der Waals surface area contributed by atoms with Crippen LogP contribution in [-0.2, 0) is 11.3 Å². The van der Waals surface area contributed by atoms with Gasteiger partial charge in [0, 0.05) is 18.6 Å². The van der Waals surface area contributed by atoms with E-state index < -0.39 is 0 Å². The molecule has 0 aliphatic heterocycles. The summed E-state index contributed by atoms with van der Waals surface area (Å²) >= 11 is 2.74. The molecule has 0 spiro atoms. The zero-order chi connectivity index (χ0) is 17.9. The Morgan fingerprint density at radius 1 is 1.42 bits per heavy atom. The lowest BCUT2D eigenvalue weighted by Crippen LogP contribution is -2.43. The van der Waals surface area contributed by atoms with Gasteiger partial charge in [-0.15, -0.1) is 17.9 Å². The normalized spacial score (nSPS) is 11.4. The van der Waals surface area contributed by atoms with E-state index in [2.05, 4.69) is 11.6 Å². The van der Waals surface area contributed by atoms with Gasteiger partial charge >= 0.3 is 0 Å². The van der Waals surface area contributed by atoms with Crippen LogP contribution in [0.5, 0.6) is 0 Å². The number of nitrogens with zero attached hydrogens (tertiary/aromatic N) is 3. The van der Waals surface area contributed by atoms with Crippen molar-refractivity contribution in [3.05, 3.63) is 34.5 Å². The van der Waals surface area contributed by atoms with Gasteiger partial charge in [-0.3, -0.25) is 14.2 Å². The van der Waals surface area contributed by atoms with E-state index in [1.165, 1.54) is 23.1 Å². The number of rotatable bonds is 7. The minimum absolute atomic E-state index is 0.0516. The Bertz CT molecular complexity index is 785. The number of fused-ring (bicyclic) bond motifs is 1. The zero-order valence-corrected chi connectivity index (χ0v) is 16.1. The van der Waals surface area contributed by atoms with E-state index in [0.29, 0.717) is 21.9 Å². The molecule has 0 fully saturated rings. The predicted molar refractivity (Wildman–Crippen MR) is 102 cm³/mol. The third kappa shape index (κ3) is 3.89. The highest BCUT2D eigenvalue weighted by Crippen LogP contribution is 2.22. The standard InChI is InChI=1S/C17H23N3O2S2/c1-6-8-19-16(22)13-7-9-23-15(13)18-17(19)24-10-14(21)20(11(2)3)12(4)5/h6-7,9,11-12H,1,8,10H2,2-5H3. The van der Waals surface area contributed by atoms with Gasteiger partial charge in [0.1, 0.15) is 4.83 Å². The number of hydrogen-bond acceptors (Lipinski definition) is 5. The van der Waals surface area contributed by atoms with Gasteiger partial charge in [0.2, 0.25) is 5.91 Å². The number of thioether (sulfide) groups is 1. The van der Waals surface area contributed by atoms with Crippen molar-refractivity contribution in [2.24, 2.45) is 0 Å². The lowest BCUT2D eigenvalue weighted by Gasteiger charge is -2.30. The van der Waals surface area contributed by atoms with Crippen molar-refractivity contribution in [2.45, 2.75) is 51.5 Å². The molecular formula is C17H23N3O2S2. The Hall–Kier alpha value is -1.60. The van der Waals surface area contributed by atoms with E-state index in [1.54, 1.807) is 16.7 Å². The smallest absolute Gasteiger partial charge is 0.263 e. The SMILES string of the molecule is C=CCn1c(SCC(=O)N(C(C)C)C(C)C)nc2sccc2c1=O. The van der Waals surface area contributed by atoms with Gasteiger partial charge in [-0.05, 0) is 39.1 Å². The number of thiophene rings is 1. The molecule has 5 nitrogen and oxygen atoms in total. The monoisotopic (exact) mass is 365 g/mol. The molecular weight excluding hydrogens is 342 g/mol. The molecule has 2 aromatic heterocycles. The Labute approximate surface area is 150 Å². The summed E-state index contributed by atoms with van der Waals surface area (Å²) in [5.74, 6) is 0.312. The molecule has 0 aromatic carbocycles. The molecule has 2 rings (SSSR count). The molecule has 0 radical (unpaired) electrons. The number of allylic oxidation sites excluding steroid dienone is 1. The van der Waals surface area contributed by atoms with E-state index in [0.717, 1.165) is 0 Å². The average Bonchev–Trinajstić information content (AvgIpc) is 2.96. The van der Waals surface area contributed by atoms with Crippen molar-refractivity contribution in [2.75, 3.05) is 5.75 Å². The van der Waals surface area contributed by atoms with Gasteiger partial charge in [0.25, 0.3) is 5.56 Å². The van der Waals surface area contributed by atoms with E-state index >= 15 is 0 Å².